The van der Waals surface area contributed by atoms with E-state index in [1.54, 1.807) is 6.92 Å². The van der Waals surface area contributed by atoms with Crippen LogP contribution in [0.15, 0.2) is 0 Å². The zero-order chi connectivity index (χ0) is 12.5. The van der Waals surface area contributed by atoms with Crippen molar-refractivity contribution in [2.24, 2.45) is 0 Å². The second kappa shape index (κ2) is 4.73. The van der Waals surface area contributed by atoms with E-state index in [0.29, 0.717) is 0 Å². The quantitative estimate of drug-likeness (QED) is 0.623. The molecule has 0 aliphatic carbocycles. The first-order valence-corrected chi connectivity index (χ1v) is 17.6. The Labute approximate surface area is 101 Å². The molecule has 6 heteroatoms. The van der Waals surface area contributed by atoms with Crippen molar-refractivity contribution in [2.45, 2.75) is 46.2 Å². The van der Waals surface area contributed by atoms with Gasteiger partial charge in [-0.25, -0.2) is 0 Å². The fraction of sp³-hybridized carbons (Fsp3) is 0.889. The van der Waals surface area contributed by atoms with E-state index in [9.17, 15) is 4.79 Å². The molecule has 0 aliphatic heterocycles. The Hall–Kier alpha value is 0.411. The topological polar surface area (TPSA) is 29.1 Å². The summed E-state index contributed by atoms with van der Waals surface area (Å²) in [6.45, 7) is 15.6. The molecule has 0 radical (unpaired) electrons. The molecule has 1 amide bonds. The van der Waals surface area contributed by atoms with Crippen molar-refractivity contribution in [3.05, 3.63) is 0 Å². The number of hydrogen-bond acceptors (Lipinski definition) is 1. The highest BCUT2D eigenvalue weighted by atomic mass is 35.6. The second-order valence-electron chi connectivity index (χ2n) is 6.21. The predicted octanol–water partition coefficient (Wildman–Crippen LogP) is 2.68. The zero-order valence-corrected chi connectivity index (χ0v) is 14.7. The lowest BCUT2D eigenvalue weighted by Crippen LogP contribution is -2.72. The average Bonchev–Trinajstić information content (AvgIpc) is 1.95. The molecule has 0 aromatic carbocycles. The predicted molar refractivity (Wildman–Crippen MR) is 77.0 cm³/mol. The molecule has 0 saturated carbocycles. The van der Waals surface area contributed by atoms with Crippen LogP contribution in [-0.2, 0) is 4.79 Å². The molecule has 1 N–H and O–H groups in total. The van der Waals surface area contributed by atoms with Crippen LogP contribution in [0, 0.1) is 0 Å². The molecule has 0 atom stereocenters. The molecule has 2 nitrogen and oxygen atoms in total. The molecule has 0 unspecified atom stereocenters. The lowest BCUT2D eigenvalue weighted by molar-refractivity contribution is -0.118. The molecule has 0 bridgehead atoms. The van der Waals surface area contributed by atoms with Crippen LogP contribution in [0.25, 0.3) is 0 Å². The van der Waals surface area contributed by atoms with Gasteiger partial charge in [-0.1, -0.05) is 39.3 Å². The minimum absolute atomic E-state index is 0.0454. The van der Waals surface area contributed by atoms with Gasteiger partial charge in [0.25, 0.3) is 0 Å². The molecule has 0 spiro atoms. The summed E-state index contributed by atoms with van der Waals surface area (Å²) in [5.74, 6) is 0.0454. The van der Waals surface area contributed by atoms with Gasteiger partial charge in [0.1, 0.15) is 0 Å². The smallest absolute Gasteiger partial charge is 0.216 e. The van der Waals surface area contributed by atoms with Gasteiger partial charge < -0.3 is 5.32 Å². The summed E-state index contributed by atoms with van der Waals surface area (Å²) >= 11 is 6.98. The number of carbonyl (C=O) groups is 1. The van der Waals surface area contributed by atoms with Gasteiger partial charge in [0.15, 0.2) is 6.42 Å². The van der Waals surface area contributed by atoms with Crippen LogP contribution in [0.5, 0.6) is 0 Å². The van der Waals surface area contributed by atoms with Crippen molar-refractivity contribution in [1.82, 2.24) is 5.32 Å². The number of rotatable bonds is 4. The summed E-state index contributed by atoms with van der Waals surface area (Å²) in [5.41, 5.74) is 0. The van der Waals surface area contributed by atoms with Crippen molar-refractivity contribution < 1.29 is 4.79 Å². The molecule has 90 valence electrons. The molecule has 0 saturated heterocycles. The summed E-state index contributed by atoms with van der Waals surface area (Å²) in [7, 11) is -2.72. The number of halogens is 1. The summed E-state index contributed by atoms with van der Waals surface area (Å²) in [6, 6.07) is 0. The van der Waals surface area contributed by atoms with Crippen LogP contribution in [0.2, 0.25) is 39.3 Å². The van der Waals surface area contributed by atoms with Gasteiger partial charge in [-0.2, -0.15) is 11.1 Å². The van der Waals surface area contributed by atoms with E-state index in [1.165, 1.54) is 0 Å². The van der Waals surface area contributed by atoms with E-state index in [0.717, 1.165) is 6.17 Å². The highest BCUT2D eigenvalue weighted by molar-refractivity contribution is 7.82. The van der Waals surface area contributed by atoms with Crippen molar-refractivity contribution in [3.8, 4) is 0 Å². The van der Waals surface area contributed by atoms with Gasteiger partial charge in [0, 0.05) is 13.1 Å². The van der Waals surface area contributed by atoms with Gasteiger partial charge in [-0.3, -0.25) is 4.79 Å². The maximum Gasteiger partial charge on any atom is 0.216 e. The maximum atomic E-state index is 11.0. The SMILES string of the molecule is CC(=O)NC[Si](Cl)([Si](C)(C)C)[Si](C)(C)C. The summed E-state index contributed by atoms with van der Waals surface area (Å²) in [6.07, 6.45) is -1.04. The van der Waals surface area contributed by atoms with Gasteiger partial charge in [-0.05, 0) is 0 Å². The first-order valence-electron chi connectivity index (χ1n) is 5.35. The third-order valence-corrected chi connectivity index (χ3v) is 47.8. The van der Waals surface area contributed by atoms with Crippen LogP contribution in [-0.4, -0.2) is 33.7 Å². The Morgan fingerprint density at radius 3 is 1.60 bits per heavy atom. The highest BCUT2D eigenvalue weighted by Crippen LogP contribution is 2.31. The molecule has 0 heterocycles. The Balaban J connectivity index is 4.98. The van der Waals surface area contributed by atoms with Crippen LogP contribution < -0.4 is 5.32 Å². The van der Waals surface area contributed by atoms with Crippen LogP contribution in [0.3, 0.4) is 0 Å². The largest absolute Gasteiger partial charge is 0.358 e. The van der Waals surface area contributed by atoms with Crippen molar-refractivity contribution in [3.63, 3.8) is 0 Å². The zero-order valence-electron chi connectivity index (χ0n) is 11.0. The Kier molecular flexibility index (Phi) is 4.86. The minimum atomic E-state index is -1.80. The molecule has 0 aliphatic rings. The fourth-order valence-corrected chi connectivity index (χ4v) is 36.6. The van der Waals surface area contributed by atoms with Gasteiger partial charge in [0.05, 0.1) is 15.2 Å². The van der Waals surface area contributed by atoms with Crippen molar-refractivity contribution in [2.75, 3.05) is 6.17 Å². The third kappa shape index (κ3) is 3.72. The Morgan fingerprint density at radius 1 is 1.07 bits per heavy atom. The van der Waals surface area contributed by atoms with Crippen LogP contribution >= 0.6 is 11.1 Å². The fourth-order valence-electron chi connectivity index (χ4n) is 1.90. The minimum Gasteiger partial charge on any atom is -0.358 e. The van der Waals surface area contributed by atoms with Crippen molar-refractivity contribution >= 4 is 38.6 Å². The number of nitrogens with one attached hydrogen (secondary N) is 1. The normalized spacial score (nSPS) is 13.9. The summed E-state index contributed by atoms with van der Waals surface area (Å²) in [5, 5.41) is 2.96. The monoisotopic (exact) mass is 281 g/mol. The Morgan fingerprint density at radius 2 is 1.40 bits per heavy atom. The van der Waals surface area contributed by atoms with Crippen LogP contribution in [0.1, 0.15) is 6.92 Å². The number of amides is 1. The number of hydrogen-bond donors (Lipinski definition) is 1. The first-order chi connectivity index (χ1) is 6.42. The van der Waals surface area contributed by atoms with E-state index < -0.39 is 21.6 Å². The molecule has 15 heavy (non-hydrogen) atoms. The lowest BCUT2D eigenvalue weighted by Gasteiger charge is -2.44. The maximum absolute atomic E-state index is 11.0. The standard InChI is InChI=1S/C9H24ClNOSi3/c1-9(12)11-8-15(10,13(2,3)4)14(5,6)7/h8H2,1-7H3,(H,11,12). The van der Waals surface area contributed by atoms with Gasteiger partial charge in [0.2, 0.25) is 5.91 Å². The number of carbonyl (C=O) groups excluding carboxylic acids is 1. The average molecular weight is 282 g/mol. The van der Waals surface area contributed by atoms with Crippen LogP contribution in [0.4, 0.5) is 0 Å². The van der Waals surface area contributed by atoms with E-state index in [1.807, 2.05) is 0 Å². The second-order valence-corrected chi connectivity index (χ2v) is 36.6. The Bertz CT molecular complexity index is 231. The summed E-state index contributed by atoms with van der Waals surface area (Å²) < 4.78 is 0. The van der Waals surface area contributed by atoms with E-state index in [4.69, 9.17) is 11.1 Å². The summed E-state index contributed by atoms with van der Waals surface area (Å²) in [4.78, 5) is 11.0. The van der Waals surface area contributed by atoms with Gasteiger partial charge >= 0.3 is 0 Å². The molecule has 0 rings (SSSR count). The van der Waals surface area contributed by atoms with E-state index in [-0.39, 0.29) is 5.91 Å². The molecule has 0 aromatic heterocycles. The van der Waals surface area contributed by atoms with E-state index >= 15 is 0 Å². The highest BCUT2D eigenvalue weighted by Gasteiger charge is 2.53. The third-order valence-electron chi connectivity index (χ3n) is 2.96. The molecule has 0 fully saturated rings. The lowest BCUT2D eigenvalue weighted by atomic mass is 10.7. The van der Waals surface area contributed by atoms with Gasteiger partial charge in [-0.15, -0.1) is 0 Å². The molecule has 0 aromatic rings. The first kappa shape index (κ1) is 15.4. The molecular formula is C9H24ClNOSi3. The van der Waals surface area contributed by atoms with E-state index in [2.05, 4.69) is 44.6 Å². The van der Waals surface area contributed by atoms with Crippen molar-refractivity contribution in [1.29, 1.82) is 0 Å². The molecular weight excluding hydrogens is 258 g/mol.